The molecule has 2 aliphatic rings. The van der Waals surface area contributed by atoms with E-state index >= 15 is 0 Å². The van der Waals surface area contributed by atoms with Gasteiger partial charge in [0.2, 0.25) is 5.91 Å². The molecule has 0 aromatic heterocycles. The van der Waals surface area contributed by atoms with Crippen molar-refractivity contribution in [3.63, 3.8) is 0 Å². The SMILES string of the molecule is O=C(O)CC1CCN(C(=O)C2(c3ccc(F)cc3F)CCC2)CC1. The Morgan fingerprint density at radius 3 is 2.38 bits per heavy atom. The third-order valence-electron chi connectivity index (χ3n) is 5.43. The van der Waals surface area contributed by atoms with E-state index in [4.69, 9.17) is 5.11 Å². The summed E-state index contributed by atoms with van der Waals surface area (Å²) in [6.07, 6.45) is 3.42. The number of halogens is 2. The zero-order chi connectivity index (χ0) is 17.3. The normalized spacial score (nSPS) is 20.5. The van der Waals surface area contributed by atoms with E-state index in [1.165, 1.54) is 12.1 Å². The molecule has 1 heterocycles. The molecule has 1 aromatic rings. The lowest BCUT2D eigenvalue weighted by atomic mass is 9.63. The van der Waals surface area contributed by atoms with Gasteiger partial charge >= 0.3 is 5.97 Å². The van der Waals surface area contributed by atoms with Gasteiger partial charge in [0.1, 0.15) is 11.6 Å². The third kappa shape index (κ3) is 3.01. The quantitative estimate of drug-likeness (QED) is 0.918. The van der Waals surface area contributed by atoms with Gasteiger partial charge in [-0.3, -0.25) is 9.59 Å². The van der Waals surface area contributed by atoms with Crippen molar-refractivity contribution in [1.82, 2.24) is 4.90 Å². The zero-order valence-corrected chi connectivity index (χ0v) is 13.4. The number of rotatable bonds is 4. The van der Waals surface area contributed by atoms with Gasteiger partial charge in [-0.15, -0.1) is 0 Å². The van der Waals surface area contributed by atoms with Crippen LogP contribution in [0.15, 0.2) is 18.2 Å². The van der Waals surface area contributed by atoms with Crippen LogP contribution in [-0.2, 0) is 15.0 Å². The summed E-state index contributed by atoms with van der Waals surface area (Å²) < 4.78 is 27.4. The molecule has 130 valence electrons. The molecule has 1 saturated carbocycles. The summed E-state index contributed by atoms with van der Waals surface area (Å²) in [5.74, 6) is -2.14. The molecule has 0 radical (unpaired) electrons. The molecule has 1 aromatic carbocycles. The van der Waals surface area contributed by atoms with Gasteiger partial charge in [0.25, 0.3) is 0 Å². The van der Waals surface area contributed by atoms with Crippen LogP contribution in [0.5, 0.6) is 0 Å². The molecule has 4 nitrogen and oxygen atoms in total. The Hall–Kier alpha value is -1.98. The molecule has 3 rings (SSSR count). The van der Waals surface area contributed by atoms with Crippen molar-refractivity contribution in [3.05, 3.63) is 35.4 Å². The number of nitrogens with zero attached hydrogens (tertiary/aromatic N) is 1. The van der Waals surface area contributed by atoms with Crippen LogP contribution in [0.4, 0.5) is 8.78 Å². The van der Waals surface area contributed by atoms with Gasteiger partial charge in [-0.1, -0.05) is 12.5 Å². The molecule has 1 amide bonds. The van der Waals surface area contributed by atoms with Crippen LogP contribution in [-0.4, -0.2) is 35.0 Å². The first-order chi connectivity index (χ1) is 11.4. The largest absolute Gasteiger partial charge is 0.481 e. The maximum Gasteiger partial charge on any atom is 0.303 e. The molecule has 0 unspecified atom stereocenters. The number of amides is 1. The van der Waals surface area contributed by atoms with Crippen LogP contribution in [0.1, 0.15) is 44.1 Å². The molecule has 0 spiro atoms. The van der Waals surface area contributed by atoms with Crippen LogP contribution < -0.4 is 0 Å². The van der Waals surface area contributed by atoms with Gasteiger partial charge in [-0.25, -0.2) is 8.78 Å². The lowest BCUT2D eigenvalue weighted by molar-refractivity contribution is -0.143. The van der Waals surface area contributed by atoms with E-state index in [2.05, 4.69) is 0 Å². The summed E-state index contributed by atoms with van der Waals surface area (Å²) in [5, 5.41) is 8.87. The van der Waals surface area contributed by atoms with Gasteiger partial charge in [-0.05, 0) is 37.7 Å². The first-order valence-electron chi connectivity index (χ1n) is 8.39. The van der Waals surface area contributed by atoms with E-state index in [9.17, 15) is 18.4 Å². The zero-order valence-electron chi connectivity index (χ0n) is 13.4. The van der Waals surface area contributed by atoms with Crippen molar-refractivity contribution in [1.29, 1.82) is 0 Å². The van der Waals surface area contributed by atoms with Crippen LogP contribution in [0, 0.1) is 17.6 Å². The predicted molar refractivity (Wildman–Crippen MR) is 83.4 cm³/mol. The molecule has 1 N–H and O–H groups in total. The first kappa shape index (κ1) is 16.9. The molecule has 1 aliphatic carbocycles. The fraction of sp³-hybridized carbons (Fsp3) is 0.556. The summed E-state index contributed by atoms with van der Waals surface area (Å²) in [6, 6.07) is 3.42. The van der Waals surface area contributed by atoms with E-state index in [0.717, 1.165) is 12.5 Å². The summed E-state index contributed by atoms with van der Waals surface area (Å²) in [5.41, 5.74) is -0.593. The second-order valence-electron chi connectivity index (χ2n) is 6.89. The highest BCUT2D eigenvalue weighted by Crippen LogP contribution is 2.46. The van der Waals surface area contributed by atoms with E-state index < -0.39 is 23.0 Å². The van der Waals surface area contributed by atoms with Crippen molar-refractivity contribution in [3.8, 4) is 0 Å². The molecule has 1 aliphatic heterocycles. The van der Waals surface area contributed by atoms with Gasteiger partial charge in [0, 0.05) is 31.1 Å². The first-order valence-corrected chi connectivity index (χ1v) is 8.39. The molecular weight excluding hydrogens is 316 g/mol. The molecule has 1 saturated heterocycles. The average molecular weight is 337 g/mol. The average Bonchev–Trinajstić information content (AvgIpc) is 2.48. The Kier molecular flexibility index (Phi) is 4.56. The van der Waals surface area contributed by atoms with E-state index in [1.54, 1.807) is 4.90 Å². The third-order valence-corrected chi connectivity index (χ3v) is 5.43. The molecule has 0 atom stereocenters. The summed E-state index contributed by atoms with van der Waals surface area (Å²) in [4.78, 5) is 25.5. The van der Waals surface area contributed by atoms with E-state index in [1.807, 2.05) is 0 Å². The number of carboxylic acid groups (broad SMARTS) is 1. The Labute approximate surface area is 139 Å². The Morgan fingerprint density at radius 1 is 1.21 bits per heavy atom. The number of carboxylic acids is 1. The van der Waals surface area contributed by atoms with Crippen LogP contribution in [0.25, 0.3) is 0 Å². The number of hydrogen-bond acceptors (Lipinski definition) is 2. The number of likely N-dealkylation sites (tertiary alicyclic amines) is 1. The van der Waals surface area contributed by atoms with Gasteiger partial charge in [0.05, 0.1) is 5.41 Å². The Balaban J connectivity index is 1.74. The summed E-state index contributed by atoms with van der Waals surface area (Å²) in [7, 11) is 0. The van der Waals surface area contributed by atoms with Gasteiger partial charge < -0.3 is 10.0 Å². The van der Waals surface area contributed by atoms with Crippen LogP contribution in [0.3, 0.4) is 0 Å². The highest BCUT2D eigenvalue weighted by molar-refractivity contribution is 5.89. The molecular formula is C18H21F2NO3. The highest BCUT2D eigenvalue weighted by atomic mass is 19.1. The van der Waals surface area contributed by atoms with Crippen molar-refractivity contribution in [2.24, 2.45) is 5.92 Å². The minimum absolute atomic E-state index is 0.0893. The van der Waals surface area contributed by atoms with Gasteiger partial charge in [-0.2, -0.15) is 0 Å². The Morgan fingerprint density at radius 2 is 1.88 bits per heavy atom. The standard InChI is InChI=1S/C18H21F2NO3/c19-13-2-3-14(15(20)11-13)18(6-1-7-18)17(24)21-8-4-12(5-9-21)10-16(22)23/h2-3,11-12H,1,4-10H2,(H,22,23). The molecule has 2 fully saturated rings. The summed E-state index contributed by atoms with van der Waals surface area (Å²) in [6.45, 7) is 1.00. The van der Waals surface area contributed by atoms with Crippen molar-refractivity contribution < 1.29 is 23.5 Å². The van der Waals surface area contributed by atoms with Gasteiger partial charge in [0.15, 0.2) is 0 Å². The summed E-state index contributed by atoms with van der Waals surface area (Å²) >= 11 is 0. The fourth-order valence-corrected chi connectivity index (χ4v) is 3.90. The second kappa shape index (κ2) is 6.49. The van der Waals surface area contributed by atoms with Crippen LogP contribution >= 0.6 is 0 Å². The van der Waals surface area contributed by atoms with Crippen molar-refractivity contribution >= 4 is 11.9 Å². The number of hydrogen-bond donors (Lipinski definition) is 1. The minimum Gasteiger partial charge on any atom is -0.481 e. The topological polar surface area (TPSA) is 57.6 Å². The number of aliphatic carboxylic acids is 1. The van der Waals surface area contributed by atoms with Crippen LogP contribution in [0.2, 0.25) is 0 Å². The lowest BCUT2D eigenvalue weighted by Crippen LogP contribution is -2.53. The van der Waals surface area contributed by atoms with Crippen molar-refractivity contribution in [2.75, 3.05) is 13.1 Å². The smallest absolute Gasteiger partial charge is 0.303 e. The second-order valence-corrected chi connectivity index (χ2v) is 6.89. The maximum absolute atomic E-state index is 14.2. The van der Waals surface area contributed by atoms with Crippen molar-refractivity contribution in [2.45, 2.75) is 43.9 Å². The number of benzene rings is 1. The predicted octanol–water partition coefficient (Wildman–Crippen LogP) is 3.10. The minimum atomic E-state index is -0.878. The highest BCUT2D eigenvalue weighted by Gasteiger charge is 2.49. The Bertz CT molecular complexity index is 650. The molecule has 0 bridgehead atoms. The van der Waals surface area contributed by atoms with E-state index in [0.29, 0.717) is 38.8 Å². The fourth-order valence-electron chi connectivity index (χ4n) is 3.90. The lowest BCUT2D eigenvalue weighted by Gasteiger charge is -2.45. The molecule has 6 heteroatoms. The molecule has 24 heavy (non-hydrogen) atoms. The maximum atomic E-state index is 14.2. The number of carbonyl (C=O) groups excluding carboxylic acids is 1. The van der Waals surface area contributed by atoms with E-state index in [-0.39, 0.29) is 23.8 Å². The monoisotopic (exact) mass is 337 g/mol. The number of carbonyl (C=O) groups is 2. The number of piperidine rings is 1.